The van der Waals surface area contributed by atoms with Crippen molar-refractivity contribution < 1.29 is 14.3 Å². The van der Waals surface area contributed by atoms with Crippen molar-refractivity contribution in [2.75, 3.05) is 11.9 Å². The maximum atomic E-state index is 12.8. The highest BCUT2D eigenvalue weighted by Crippen LogP contribution is 2.22. The molecular weight excluding hydrogens is 346 g/mol. The molecular formula is C19H21N5O3. The average molecular weight is 367 g/mol. The van der Waals surface area contributed by atoms with Gasteiger partial charge in [-0.3, -0.25) is 9.48 Å². The molecule has 0 fully saturated rings. The van der Waals surface area contributed by atoms with Gasteiger partial charge in [-0.1, -0.05) is 18.2 Å². The summed E-state index contributed by atoms with van der Waals surface area (Å²) in [4.78, 5) is 25.1. The molecule has 140 valence electrons. The van der Waals surface area contributed by atoms with Crippen LogP contribution in [0.5, 0.6) is 0 Å². The minimum Gasteiger partial charge on any atom is -0.462 e. The summed E-state index contributed by atoms with van der Waals surface area (Å²) in [6.45, 7) is 5.53. The molecule has 3 rings (SSSR count). The molecule has 1 amide bonds. The first-order chi connectivity index (χ1) is 13.0. The molecule has 0 aliphatic carbocycles. The van der Waals surface area contributed by atoms with Crippen LogP contribution in [0.15, 0.2) is 48.8 Å². The van der Waals surface area contributed by atoms with Crippen molar-refractivity contribution in [2.45, 2.75) is 26.8 Å². The van der Waals surface area contributed by atoms with Crippen molar-refractivity contribution in [1.29, 1.82) is 0 Å². The molecule has 27 heavy (non-hydrogen) atoms. The molecule has 1 aromatic carbocycles. The van der Waals surface area contributed by atoms with Crippen LogP contribution in [0.2, 0.25) is 0 Å². The molecule has 0 radical (unpaired) electrons. The number of hydrogen-bond donors (Lipinski definition) is 1. The maximum absolute atomic E-state index is 12.8. The fourth-order valence-corrected chi connectivity index (χ4v) is 2.58. The summed E-state index contributed by atoms with van der Waals surface area (Å²) in [7, 11) is 0. The van der Waals surface area contributed by atoms with Crippen molar-refractivity contribution in [1.82, 2.24) is 19.6 Å². The molecule has 0 bridgehead atoms. The number of carbonyl (C=O) groups excluding carboxylic acids is 2. The van der Waals surface area contributed by atoms with E-state index < -0.39 is 12.0 Å². The summed E-state index contributed by atoms with van der Waals surface area (Å²) in [5.41, 5.74) is 1.72. The Balaban J connectivity index is 1.95. The van der Waals surface area contributed by atoms with E-state index in [4.69, 9.17) is 4.74 Å². The molecule has 0 saturated heterocycles. The minimum absolute atomic E-state index is 0.192. The third-order valence-electron chi connectivity index (χ3n) is 4.02. The second kappa shape index (κ2) is 7.86. The number of amides is 1. The number of anilines is 1. The van der Waals surface area contributed by atoms with Crippen molar-refractivity contribution in [3.8, 4) is 5.69 Å². The smallest absolute Gasteiger partial charge is 0.343 e. The molecule has 0 saturated carbocycles. The Morgan fingerprint density at radius 2 is 1.96 bits per heavy atom. The molecule has 1 N–H and O–H groups in total. The van der Waals surface area contributed by atoms with Gasteiger partial charge in [-0.15, -0.1) is 0 Å². The lowest BCUT2D eigenvalue weighted by Crippen LogP contribution is -2.26. The van der Waals surface area contributed by atoms with Crippen LogP contribution in [0.1, 0.15) is 35.9 Å². The average Bonchev–Trinajstić information content (AvgIpc) is 3.28. The maximum Gasteiger partial charge on any atom is 0.343 e. The number of benzene rings is 1. The molecule has 0 aliphatic heterocycles. The fraction of sp³-hybridized carbons (Fsp3) is 0.263. The van der Waals surface area contributed by atoms with E-state index >= 15 is 0 Å². The van der Waals surface area contributed by atoms with E-state index in [0.717, 1.165) is 5.69 Å². The number of esters is 1. The molecule has 8 nitrogen and oxygen atoms in total. The Hall–Kier alpha value is -3.42. The lowest BCUT2D eigenvalue weighted by atomic mass is 10.2. The highest BCUT2D eigenvalue weighted by atomic mass is 16.5. The lowest BCUT2D eigenvalue weighted by molar-refractivity contribution is -0.119. The summed E-state index contributed by atoms with van der Waals surface area (Å²) in [5.74, 6) is -0.598. The number of aryl methyl sites for hydroxylation is 1. The van der Waals surface area contributed by atoms with Gasteiger partial charge in [0.25, 0.3) is 0 Å². The second-order valence-electron chi connectivity index (χ2n) is 5.98. The first-order valence-electron chi connectivity index (χ1n) is 8.64. The van der Waals surface area contributed by atoms with E-state index in [1.807, 2.05) is 43.3 Å². The summed E-state index contributed by atoms with van der Waals surface area (Å²) >= 11 is 0. The van der Waals surface area contributed by atoms with Crippen molar-refractivity contribution in [3.05, 3.63) is 60.0 Å². The summed E-state index contributed by atoms with van der Waals surface area (Å²) in [6.07, 6.45) is 3.13. The van der Waals surface area contributed by atoms with Crippen molar-refractivity contribution in [2.24, 2.45) is 0 Å². The Morgan fingerprint density at radius 3 is 2.59 bits per heavy atom. The van der Waals surface area contributed by atoms with Crippen LogP contribution in [-0.2, 0) is 9.53 Å². The number of para-hydroxylation sites is 1. The summed E-state index contributed by atoms with van der Waals surface area (Å²) in [5, 5.41) is 11.3. The minimum atomic E-state index is -0.562. The molecule has 0 aliphatic rings. The predicted octanol–water partition coefficient (Wildman–Crippen LogP) is 2.75. The van der Waals surface area contributed by atoms with E-state index in [1.54, 1.807) is 24.7 Å². The van der Waals surface area contributed by atoms with Gasteiger partial charge in [0.05, 0.1) is 24.2 Å². The van der Waals surface area contributed by atoms with Crippen LogP contribution in [0.4, 0.5) is 5.82 Å². The molecule has 2 heterocycles. The molecule has 2 aromatic heterocycles. The third-order valence-corrected chi connectivity index (χ3v) is 4.02. The second-order valence-corrected chi connectivity index (χ2v) is 5.98. The van der Waals surface area contributed by atoms with E-state index in [9.17, 15) is 9.59 Å². The topological polar surface area (TPSA) is 91.0 Å². The lowest BCUT2D eigenvalue weighted by Gasteiger charge is -2.15. The molecule has 3 aromatic rings. The van der Waals surface area contributed by atoms with E-state index in [-0.39, 0.29) is 23.9 Å². The Bertz CT molecular complexity index is 945. The first kappa shape index (κ1) is 18.4. The summed E-state index contributed by atoms with van der Waals surface area (Å²) in [6, 6.07) is 10.5. The van der Waals surface area contributed by atoms with E-state index in [1.165, 1.54) is 10.9 Å². The number of rotatable bonds is 6. The molecule has 1 atom stereocenters. The zero-order chi connectivity index (χ0) is 19.4. The van der Waals surface area contributed by atoms with Crippen molar-refractivity contribution in [3.63, 3.8) is 0 Å². The molecule has 1 unspecified atom stereocenters. The third kappa shape index (κ3) is 3.89. The van der Waals surface area contributed by atoms with Crippen LogP contribution in [0.3, 0.4) is 0 Å². The van der Waals surface area contributed by atoms with Gasteiger partial charge in [0, 0.05) is 6.20 Å². The van der Waals surface area contributed by atoms with Crippen molar-refractivity contribution >= 4 is 17.7 Å². The van der Waals surface area contributed by atoms with E-state index in [0.29, 0.717) is 5.69 Å². The number of carbonyl (C=O) groups is 2. The molecule has 8 heteroatoms. The predicted molar refractivity (Wildman–Crippen MR) is 99.8 cm³/mol. The Labute approximate surface area is 156 Å². The monoisotopic (exact) mass is 367 g/mol. The van der Waals surface area contributed by atoms with Gasteiger partial charge in [0.2, 0.25) is 5.91 Å². The Kier molecular flexibility index (Phi) is 5.35. The number of nitrogens with one attached hydrogen (secondary N) is 1. The highest BCUT2D eigenvalue weighted by Gasteiger charge is 2.24. The van der Waals surface area contributed by atoms with Gasteiger partial charge in [-0.25, -0.2) is 9.48 Å². The zero-order valence-corrected chi connectivity index (χ0v) is 15.4. The summed E-state index contributed by atoms with van der Waals surface area (Å²) < 4.78 is 8.16. The number of hydrogen-bond acceptors (Lipinski definition) is 5. The normalized spacial score (nSPS) is 11.8. The van der Waals surface area contributed by atoms with Gasteiger partial charge < -0.3 is 10.1 Å². The van der Waals surface area contributed by atoms with Crippen LogP contribution >= 0.6 is 0 Å². The Morgan fingerprint density at radius 1 is 1.22 bits per heavy atom. The van der Waals surface area contributed by atoms with E-state index in [2.05, 4.69) is 15.5 Å². The van der Waals surface area contributed by atoms with Gasteiger partial charge in [0.15, 0.2) is 5.82 Å². The van der Waals surface area contributed by atoms with Crippen LogP contribution in [0.25, 0.3) is 5.69 Å². The number of nitrogens with zero attached hydrogens (tertiary/aromatic N) is 4. The first-order valence-corrected chi connectivity index (χ1v) is 8.64. The number of aromatic nitrogens is 4. The largest absolute Gasteiger partial charge is 0.462 e. The number of ether oxygens (including phenoxy) is 1. The van der Waals surface area contributed by atoms with Gasteiger partial charge in [0.1, 0.15) is 11.6 Å². The standard InChI is InChI=1S/C19H21N5O3/c1-4-27-19(26)16-12-20-24(15-8-6-5-7-9-15)17(16)21-18(25)14(3)23-11-10-13(2)22-23/h5-12,14H,4H2,1-3H3,(H,21,25). The fourth-order valence-electron chi connectivity index (χ4n) is 2.58. The van der Waals surface area contributed by atoms with Crippen LogP contribution in [0, 0.1) is 6.92 Å². The van der Waals surface area contributed by atoms with Gasteiger partial charge in [-0.2, -0.15) is 10.2 Å². The quantitative estimate of drug-likeness (QED) is 0.677. The van der Waals surface area contributed by atoms with Gasteiger partial charge in [-0.05, 0) is 39.0 Å². The zero-order valence-electron chi connectivity index (χ0n) is 15.4. The van der Waals surface area contributed by atoms with Gasteiger partial charge >= 0.3 is 5.97 Å². The molecule has 0 spiro atoms. The highest BCUT2D eigenvalue weighted by molar-refractivity contribution is 6.01. The van der Waals surface area contributed by atoms with Crippen LogP contribution in [-0.4, -0.2) is 38.0 Å². The SMILES string of the molecule is CCOC(=O)c1cnn(-c2ccccc2)c1NC(=O)C(C)n1ccc(C)n1. The van der Waals surface area contributed by atoms with Crippen LogP contribution < -0.4 is 5.32 Å².